The highest BCUT2D eigenvalue weighted by molar-refractivity contribution is 7.88. The molecule has 126 valence electrons. The van der Waals surface area contributed by atoms with Crippen molar-refractivity contribution in [2.45, 2.75) is 51.0 Å². The number of hydrogen-bond acceptors (Lipinski definition) is 3. The van der Waals surface area contributed by atoms with E-state index in [4.69, 9.17) is 0 Å². The molecule has 0 aromatic heterocycles. The Morgan fingerprint density at radius 1 is 1.32 bits per heavy atom. The molecule has 7 heteroatoms. The van der Waals surface area contributed by atoms with Gasteiger partial charge in [0.2, 0.25) is 10.0 Å². The average Bonchev–Trinajstić information content (AvgIpc) is 2.47. The Kier molecular flexibility index (Phi) is 6.26. The Morgan fingerprint density at radius 2 is 2.05 bits per heavy atom. The van der Waals surface area contributed by atoms with Crippen molar-refractivity contribution in [3.63, 3.8) is 0 Å². The third-order valence-corrected chi connectivity index (χ3v) is 5.03. The Bertz CT molecular complexity index is 508. The standard InChI is InChI=1S/C15H27N3O3S/c1-22(20,21)17-14-8-11-18(12-9-14)15(19)16-10-7-13-5-3-2-4-6-13/h5,14,17H,2-4,6-12H2,1H3,(H,16,19). The first-order chi connectivity index (χ1) is 10.4. The van der Waals surface area contributed by atoms with Crippen molar-refractivity contribution >= 4 is 16.1 Å². The minimum atomic E-state index is -3.16. The smallest absolute Gasteiger partial charge is 0.317 e. The zero-order valence-corrected chi connectivity index (χ0v) is 14.1. The van der Waals surface area contributed by atoms with Crippen LogP contribution in [0.1, 0.15) is 44.9 Å². The van der Waals surface area contributed by atoms with Crippen LogP contribution in [0.2, 0.25) is 0 Å². The Morgan fingerprint density at radius 3 is 2.64 bits per heavy atom. The molecule has 2 aliphatic rings. The monoisotopic (exact) mass is 329 g/mol. The molecule has 2 N–H and O–H groups in total. The van der Waals surface area contributed by atoms with Crippen LogP contribution in [0.3, 0.4) is 0 Å². The molecule has 1 aliphatic carbocycles. The highest BCUT2D eigenvalue weighted by Crippen LogP contribution is 2.19. The number of piperidine rings is 1. The number of nitrogens with zero attached hydrogens (tertiary/aromatic N) is 1. The second-order valence-electron chi connectivity index (χ2n) is 6.24. The van der Waals surface area contributed by atoms with Crippen molar-refractivity contribution in [3.8, 4) is 0 Å². The minimum absolute atomic E-state index is 0.0331. The maximum absolute atomic E-state index is 12.1. The highest BCUT2D eigenvalue weighted by Gasteiger charge is 2.24. The van der Waals surface area contributed by atoms with Gasteiger partial charge in [0.05, 0.1) is 6.26 Å². The van der Waals surface area contributed by atoms with Gasteiger partial charge in [-0.1, -0.05) is 11.6 Å². The number of carbonyl (C=O) groups excluding carboxylic acids is 1. The van der Waals surface area contributed by atoms with Crippen LogP contribution in [0.5, 0.6) is 0 Å². The molecule has 0 atom stereocenters. The molecule has 2 rings (SSSR count). The summed E-state index contributed by atoms with van der Waals surface area (Å²) in [6, 6.07) is -0.0827. The minimum Gasteiger partial charge on any atom is -0.338 e. The SMILES string of the molecule is CS(=O)(=O)NC1CCN(C(=O)NCCC2=CCCCC2)CC1. The van der Waals surface area contributed by atoms with E-state index in [9.17, 15) is 13.2 Å². The third kappa shape index (κ3) is 5.96. The summed E-state index contributed by atoms with van der Waals surface area (Å²) in [7, 11) is -3.16. The van der Waals surface area contributed by atoms with Crippen LogP contribution in [0, 0.1) is 0 Å². The average molecular weight is 329 g/mol. The lowest BCUT2D eigenvalue weighted by atomic mass is 9.97. The van der Waals surface area contributed by atoms with E-state index in [0.717, 1.165) is 6.42 Å². The molecular formula is C15H27N3O3S. The van der Waals surface area contributed by atoms with Crippen molar-refractivity contribution in [1.29, 1.82) is 0 Å². The number of nitrogens with one attached hydrogen (secondary N) is 2. The fraction of sp³-hybridized carbons (Fsp3) is 0.800. The fourth-order valence-corrected chi connectivity index (χ4v) is 3.92. The third-order valence-electron chi connectivity index (χ3n) is 4.27. The molecule has 0 saturated carbocycles. The normalized spacial score (nSPS) is 20.6. The molecular weight excluding hydrogens is 302 g/mol. The maximum atomic E-state index is 12.1. The van der Waals surface area contributed by atoms with Crippen molar-refractivity contribution < 1.29 is 13.2 Å². The van der Waals surface area contributed by atoms with Crippen LogP contribution in [0.15, 0.2) is 11.6 Å². The number of urea groups is 1. The number of amides is 2. The second kappa shape index (κ2) is 7.97. The van der Waals surface area contributed by atoms with Gasteiger partial charge in [-0.15, -0.1) is 0 Å². The Hall–Kier alpha value is -1.08. The number of allylic oxidation sites excluding steroid dienone is 1. The van der Waals surface area contributed by atoms with Crippen LogP contribution in [0.4, 0.5) is 4.79 Å². The van der Waals surface area contributed by atoms with E-state index in [1.165, 1.54) is 37.5 Å². The largest absolute Gasteiger partial charge is 0.338 e. The zero-order chi connectivity index (χ0) is 16.0. The topological polar surface area (TPSA) is 78.5 Å². The Balaban J connectivity index is 1.65. The molecule has 1 heterocycles. The van der Waals surface area contributed by atoms with E-state index in [1.54, 1.807) is 4.90 Å². The number of likely N-dealkylation sites (tertiary alicyclic amines) is 1. The lowest BCUT2D eigenvalue weighted by Crippen LogP contribution is -2.49. The molecule has 22 heavy (non-hydrogen) atoms. The van der Waals surface area contributed by atoms with E-state index in [1.807, 2.05) is 0 Å². The molecule has 0 bridgehead atoms. The molecule has 0 aromatic carbocycles. The number of rotatable bonds is 5. The lowest BCUT2D eigenvalue weighted by molar-refractivity contribution is 0.180. The predicted octanol–water partition coefficient (Wildman–Crippen LogP) is 1.60. The maximum Gasteiger partial charge on any atom is 0.317 e. The van der Waals surface area contributed by atoms with Crippen LogP contribution in [-0.2, 0) is 10.0 Å². The van der Waals surface area contributed by atoms with Crippen molar-refractivity contribution in [2.75, 3.05) is 25.9 Å². The van der Waals surface area contributed by atoms with E-state index in [2.05, 4.69) is 16.1 Å². The molecule has 6 nitrogen and oxygen atoms in total. The molecule has 1 saturated heterocycles. The summed E-state index contributed by atoms with van der Waals surface area (Å²) in [5, 5.41) is 2.97. The molecule has 0 unspecified atom stereocenters. The summed E-state index contributed by atoms with van der Waals surface area (Å²) < 4.78 is 25.0. The van der Waals surface area contributed by atoms with Crippen LogP contribution < -0.4 is 10.0 Å². The fourth-order valence-electron chi connectivity index (χ4n) is 3.08. The second-order valence-corrected chi connectivity index (χ2v) is 8.02. The summed E-state index contributed by atoms with van der Waals surface area (Å²) in [4.78, 5) is 13.9. The number of carbonyl (C=O) groups is 1. The molecule has 0 aromatic rings. The van der Waals surface area contributed by atoms with Gasteiger partial charge in [0.1, 0.15) is 0 Å². The first kappa shape index (κ1) is 17.3. The van der Waals surface area contributed by atoms with Crippen molar-refractivity contribution in [3.05, 3.63) is 11.6 Å². The Labute approximate surface area is 133 Å². The van der Waals surface area contributed by atoms with E-state index in [-0.39, 0.29) is 12.1 Å². The van der Waals surface area contributed by atoms with E-state index in [0.29, 0.717) is 32.5 Å². The summed E-state index contributed by atoms with van der Waals surface area (Å²) >= 11 is 0. The molecule has 2 amide bonds. The van der Waals surface area contributed by atoms with Gasteiger partial charge in [-0.2, -0.15) is 0 Å². The van der Waals surface area contributed by atoms with Gasteiger partial charge in [0.15, 0.2) is 0 Å². The molecule has 1 aliphatic heterocycles. The first-order valence-corrected chi connectivity index (χ1v) is 10.0. The van der Waals surface area contributed by atoms with Gasteiger partial charge in [-0.25, -0.2) is 17.9 Å². The van der Waals surface area contributed by atoms with Crippen molar-refractivity contribution in [2.24, 2.45) is 0 Å². The van der Waals surface area contributed by atoms with E-state index >= 15 is 0 Å². The van der Waals surface area contributed by atoms with Gasteiger partial charge in [-0.3, -0.25) is 0 Å². The lowest BCUT2D eigenvalue weighted by Gasteiger charge is -2.32. The van der Waals surface area contributed by atoms with Gasteiger partial charge in [0.25, 0.3) is 0 Å². The van der Waals surface area contributed by atoms with Gasteiger partial charge < -0.3 is 10.2 Å². The summed E-state index contributed by atoms with van der Waals surface area (Å²) in [6.45, 7) is 1.88. The van der Waals surface area contributed by atoms with E-state index < -0.39 is 10.0 Å². The number of sulfonamides is 1. The molecule has 1 fully saturated rings. The zero-order valence-electron chi connectivity index (χ0n) is 13.3. The van der Waals surface area contributed by atoms with Gasteiger partial charge in [-0.05, 0) is 44.9 Å². The molecule has 0 spiro atoms. The van der Waals surface area contributed by atoms with Gasteiger partial charge >= 0.3 is 6.03 Å². The van der Waals surface area contributed by atoms with Crippen LogP contribution in [0.25, 0.3) is 0 Å². The quantitative estimate of drug-likeness (QED) is 0.752. The number of hydrogen-bond donors (Lipinski definition) is 2. The summed E-state index contributed by atoms with van der Waals surface area (Å²) in [5.41, 5.74) is 1.46. The van der Waals surface area contributed by atoms with Crippen LogP contribution in [-0.4, -0.2) is 51.3 Å². The van der Waals surface area contributed by atoms with Crippen LogP contribution >= 0.6 is 0 Å². The predicted molar refractivity (Wildman–Crippen MR) is 87.1 cm³/mol. The summed E-state index contributed by atoms with van der Waals surface area (Å²) in [5.74, 6) is 0. The first-order valence-electron chi connectivity index (χ1n) is 8.12. The van der Waals surface area contributed by atoms with Crippen molar-refractivity contribution in [1.82, 2.24) is 14.9 Å². The summed E-state index contributed by atoms with van der Waals surface area (Å²) in [6.07, 6.45) is 10.6. The highest BCUT2D eigenvalue weighted by atomic mass is 32.2. The molecule has 0 radical (unpaired) electrons. The van der Waals surface area contributed by atoms with Gasteiger partial charge in [0, 0.05) is 25.7 Å².